The third-order valence-corrected chi connectivity index (χ3v) is 2.22. The number of hydrogen-bond donors (Lipinski definition) is 2. The van der Waals surface area contributed by atoms with Gasteiger partial charge >= 0.3 is 0 Å². The van der Waals surface area contributed by atoms with Gasteiger partial charge in [0.2, 0.25) is 0 Å². The van der Waals surface area contributed by atoms with Crippen LogP contribution in [0.3, 0.4) is 0 Å². The molecule has 0 spiro atoms. The maximum absolute atomic E-state index is 11.5. The van der Waals surface area contributed by atoms with E-state index in [1.807, 2.05) is 6.92 Å². The van der Waals surface area contributed by atoms with Gasteiger partial charge in [0.25, 0.3) is 5.52 Å². The lowest BCUT2D eigenvalue weighted by Crippen LogP contribution is -2.32. The van der Waals surface area contributed by atoms with Crippen LogP contribution in [-0.2, 0) is 0 Å². The summed E-state index contributed by atoms with van der Waals surface area (Å²) in [5, 5.41) is 19.0. The first-order valence-corrected chi connectivity index (χ1v) is 4.75. The first kappa shape index (κ1) is 9.51. The average molecular weight is 204 g/mol. The summed E-state index contributed by atoms with van der Waals surface area (Å²) < 4.78 is 0. The zero-order chi connectivity index (χ0) is 10.8. The molecule has 2 aromatic rings. The Morgan fingerprint density at radius 2 is 2.27 bits per heavy atom. The molecule has 0 aliphatic carbocycles. The third-order valence-electron chi connectivity index (χ3n) is 2.22. The minimum Gasteiger partial charge on any atom is -0.594 e. The molecule has 1 heterocycles. The molecular weight excluding hydrogens is 192 g/mol. The monoisotopic (exact) mass is 204 g/mol. The Bertz CT molecular complexity index is 498. The lowest BCUT2D eigenvalue weighted by Gasteiger charge is -2.07. The zero-order valence-corrected chi connectivity index (χ0v) is 8.40. The summed E-state index contributed by atoms with van der Waals surface area (Å²) in [5.41, 5.74) is 7.60. The van der Waals surface area contributed by atoms with Crippen LogP contribution in [-0.4, -0.2) is 11.6 Å². The molecule has 0 unspecified atom stereocenters. The smallest absolute Gasteiger partial charge is 0.277 e. The second-order valence-corrected chi connectivity index (χ2v) is 3.20. The fourth-order valence-corrected chi connectivity index (χ4v) is 1.56. The molecule has 5 heteroatoms. The van der Waals surface area contributed by atoms with Gasteiger partial charge in [-0.05, 0) is 30.0 Å². The number of nitrogen functional groups attached to an aromatic ring is 1. The van der Waals surface area contributed by atoms with Crippen LogP contribution in [0.2, 0.25) is 0 Å². The Morgan fingerprint density at radius 1 is 1.47 bits per heavy atom. The Labute approximate surface area is 87.1 Å². The lowest BCUT2D eigenvalue weighted by atomic mass is 10.1. The number of rotatable bonds is 2. The van der Waals surface area contributed by atoms with Gasteiger partial charge in [0.1, 0.15) is 5.69 Å². The van der Waals surface area contributed by atoms with Gasteiger partial charge in [-0.2, -0.15) is 0 Å². The fourth-order valence-electron chi connectivity index (χ4n) is 1.56. The van der Waals surface area contributed by atoms with Crippen molar-refractivity contribution in [2.45, 2.75) is 6.92 Å². The van der Waals surface area contributed by atoms with E-state index >= 15 is 0 Å². The van der Waals surface area contributed by atoms with Crippen LogP contribution in [0, 0.1) is 5.21 Å². The van der Waals surface area contributed by atoms with E-state index in [9.17, 15) is 5.21 Å². The van der Waals surface area contributed by atoms with E-state index in [0.29, 0.717) is 16.0 Å². The minimum atomic E-state index is 0.486. The van der Waals surface area contributed by atoms with E-state index in [2.05, 4.69) is 10.4 Å². The molecule has 1 aromatic heterocycles. The number of anilines is 2. The highest BCUT2D eigenvalue weighted by Crippen LogP contribution is 2.24. The summed E-state index contributed by atoms with van der Waals surface area (Å²) in [6.45, 7) is 2.71. The third kappa shape index (κ3) is 1.52. The largest absolute Gasteiger partial charge is 0.594 e. The number of hydrogen-bond acceptors (Lipinski definition) is 4. The van der Waals surface area contributed by atoms with Gasteiger partial charge in [-0.3, -0.25) is 0 Å². The van der Waals surface area contributed by atoms with E-state index in [1.165, 1.54) is 6.20 Å². The van der Waals surface area contributed by atoms with Gasteiger partial charge < -0.3 is 16.3 Å². The van der Waals surface area contributed by atoms with Crippen molar-refractivity contribution in [1.29, 1.82) is 0 Å². The molecule has 0 saturated heterocycles. The Morgan fingerprint density at radius 3 is 3.00 bits per heavy atom. The van der Waals surface area contributed by atoms with Crippen molar-refractivity contribution < 1.29 is 4.85 Å². The predicted molar refractivity (Wildman–Crippen MR) is 59.3 cm³/mol. The molecule has 1 aromatic carbocycles. The van der Waals surface area contributed by atoms with Crippen molar-refractivity contribution in [2.24, 2.45) is 0 Å². The first-order valence-electron chi connectivity index (χ1n) is 4.75. The van der Waals surface area contributed by atoms with Crippen LogP contribution < -0.4 is 15.9 Å². The second-order valence-electron chi connectivity index (χ2n) is 3.20. The van der Waals surface area contributed by atoms with Crippen LogP contribution in [0.4, 0.5) is 11.4 Å². The Kier molecular flexibility index (Phi) is 2.29. The molecule has 0 atom stereocenters. The number of nitrogens with one attached hydrogen (secondary N) is 1. The number of aromatic nitrogens is 2. The topological polar surface area (TPSA) is 77.9 Å². The molecule has 78 valence electrons. The van der Waals surface area contributed by atoms with Gasteiger partial charge in [-0.1, -0.05) is 0 Å². The Hall–Kier alpha value is -2.04. The molecule has 5 nitrogen and oxygen atoms in total. The van der Waals surface area contributed by atoms with Gasteiger partial charge in [-0.25, -0.2) is 0 Å². The molecular formula is C10H12N4O. The molecule has 0 saturated carbocycles. The SMILES string of the molecule is CCNc1ccc(N)c2ccn[n+]([O-])c12. The van der Waals surface area contributed by atoms with Crippen LogP contribution in [0.5, 0.6) is 0 Å². The summed E-state index contributed by atoms with van der Waals surface area (Å²) in [5.74, 6) is 0. The number of nitrogens with two attached hydrogens (primary N) is 1. The number of benzene rings is 1. The first-order chi connectivity index (χ1) is 7.24. The van der Waals surface area contributed by atoms with E-state index in [1.54, 1.807) is 18.2 Å². The van der Waals surface area contributed by atoms with Crippen LogP contribution in [0.25, 0.3) is 10.9 Å². The van der Waals surface area contributed by atoms with Crippen molar-refractivity contribution in [3.8, 4) is 0 Å². The summed E-state index contributed by atoms with van der Waals surface area (Å²) in [6.07, 6.45) is 1.45. The maximum atomic E-state index is 11.5. The normalized spacial score (nSPS) is 10.5. The van der Waals surface area contributed by atoms with E-state index in [0.717, 1.165) is 17.6 Å². The quantitative estimate of drug-likeness (QED) is 0.432. The van der Waals surface area contributed by atoms with Crippen molar-refractivity contribution in [3.63, 3.8) is 0 Å². The summed E-state index contributed by atoms with van der Waals surface area (Å²) in [7, 11) is 0. The van der Waals surface area contributed by atoms with E-state index in [4.69, 9.17) is 5.73 Å². The molecule has 0 amide bonds. The second kappa shape index (κ2) is 3.61. The molecule has 0 aliphatic heterocycles. The van der Waals surface area contributed by atoms with Crippen molar-refractivity contribution in [2.75, 3.05) is 17.6 Å². The summed E-state index contributed by atoms with van der Waals surface area (Å²) in [6, 6.07) is 5.30. The average Bonchev–Trinajstić information content (AvgIpc) is 2.23. The minimum absolute atomic E-state index is 0.486. The summed E-state index contributed by atoms with van der Waals surface area (Å²) in [4.78, 5) is 0.587. The molecule has 0 fully saturated rings. The van der Waals surface area contributed by atoms with Crippen LogP contribution in [0.1, 0.15) is 6.92 Å². The van der Waals surface area contributed by atoms with Gasteiger partial charge in [0.05, 0.1) is 11.6 Å². The molecule has 3 N–H and O–H groups in total. The zero-order valence-electron chi connectivity index (χ0n) is 8.40. The standard InChI is InChI=1S/C10H12N4O/c1-2-12-9-4-3-8(11)7-5-6-13-14(15)10(7)9/h3-6,12H,2,11H2,1H3. The van der Waals surface area contributed by atoms with Crippen LogP contribution >= 0.6 is 0 Å². The highest BCUT2D eigenvalue weighted by Gasteiger charge is 2.12. The molecule has 0 aliphatic rings. The van der Waals surface area contributed by atoms with E-state index < -0.39 is 0 Å². The number of fused-ring (bicyclic) bond motifs is 1. The molecule has 2 rings (SSSR count). The number of nitrogens with zero attached hydrogens (tertiary/aromatic N) is 2. The van der Waals surface area contributed by atoms with E-state index in [-0.39, 0.29) is 0 Å². The molecule has 0 bridgehead atoms. The maximum Gasteiger partial charge on any atom is 0.277 e. The molecule has 15 heavy (non-hydrogen) atoms. The van der Waals surface area contributed by atoms with Crippen LogP contribution in [0.15, 0.2) is 24.4 Å². The van der Waals surface area contributed by atoms with Crippen molar-refractivity contribution in [1.82, 2.24) is 5.10 Å². The van der Waals surface area contributed by atoms with Gasteiger partial charge in [0.15, 0.2) is 0 Å². The lowest BCUT2D eigenvalue weighted by molar-refractivity contribution is -0.642. The van der Waals surface area contributed by atoms with Crippen molar-refractivity contribution in [3.05, 3.63) is 29.6 Å². The summed E-state index contributed by atoms with van der Waals surface area (Å²) >= 11 is 0. The van der Waals surface area contributed by atoms with Gasteiger partial charge in [0, 0.05) is 17.3 Å². The Balaban J connectivity index is 2.78. The van der Waals surface area contributed by atoms with Gasteiger partial charge in [-0.15, -0.1) is 0 Å². The molecule has 0 radical (unpaired) electrons. The predicted octanol–water partition coefficient (Wildman–Crippen LogP) is 0.882. The van der Waals surface area contributed by atoms with Crippen molar-refractivity contribution >= 4 is 22.3 Å². The highest BCUT2D eigenvalue weighted by molar-refractivity contribution is 5.96. The fraction of sp³-hybridized carbons (Fsp3) is 0.200. The highest BCUT2D eigenvalue weighted by atomic mass is 16.5.